The highest BCUT2D eigenvalue weighted by Gasteiger charge is 2.15. The molecule has 1 aromatic carbocycles. The van der Waals surface area contributed by atoms with Crippen LogP contribution < -0.4 is 5.32 Å². The van der Waals surface area contributed by atoms with Crippen molar-refractivity contribution < 1.29 is 14.1 Å². The first kappa shape index (κ1) is 18.1. The molecule has 0 aliphatic rings. The summed E-state index contributed by atoms with van der Waals surface area (Å²) >= 11 is 0. The predicted octanol–water partition coefficient (Wildman–Crippen LogP) is 2.73. The van der Waals surface area contributed by atoms with E-state index in [1.54, 1.807) is 7.11 Å². The standard InChI is InChI=1S/C18H25N3O3/c1-18(2,3)14-7-5-13(6-8-14)17-20-16(24-21-17)10-9-15(22)19-11-12-23-4/h5-8H,9-12H2,1-4H3,(H,19,22). The normalized spacial score (nSPS) is 11.5. The van der Waals surface area contributed by atoms with Gasteiger partial charge in [-0.3, -0.25) is 4.79 Å². The molecule has 0 bridgehead atoms. The molecule has 1 aromatic heterocycles. The van der Waals surface area contributed by atoms with Crippen molar-refractivity contribution >= 4 is 5.91 Å². The Balaban J connectivity index is 1.92. The van der Waals surface area contributed by atoms with Crippen LogP contribution in [0.25, 0.3) is 11.4 Å². The van der Waals surface area contributed by atoms with Crippen molar-refractivity contribution in [1.29, 1.82) is 0 Å². The van der Waals surface area contributed by atoms with Crippen molar-refractivity contribution in [2.24, 2.45) is 0 Å². The number of nitrogens with one attached hydrogen (secondary N) is 1. The van der Waals surface area contributed by atoms with Gasteiger partial charge in [-0.1, -0.05) is 50.2 Å². The van der Waals surface area contributed by atoms with E-state index in [1.165, 1.54) is 5.56 Å². The van der Waals surface area contributed by atoms with Gasteiger partial charge in [-0.2, -0.15) is 4.98 Å². The van der Waals surface area contributed by atoms with Gasteiger partial charge in [0.2, 0.25) is 17.6 Å². The molecule has 1 N–H and O–H groups in total. The number of ether oxygens (including phenoxy) is 1. The van der Waals surface area contributed by atoms with Crippen LogP contribution in [0.4, 0.5) is 0 Å². The molecule has 0 saturated carbocycles. The Morgan fingerprint density at radius 1 is 1.25 bits per heavy atom. The maximum absolute atomic E-state index is 11.6. The van der Waals surface area contributed by atoms with E-state index in [-0.39, 0.29) is 11.3 Å². The number of nitrogens with zero attached hydrogens (tertiary/aromatic N) is 2. The number of benzene rings is 1. The zero-order chi connectivity index (χ0) is 17.6. The summed E-state index contributed by atoms with van der Waals surface area (Å²) < 4.78 is 10.1. The highest BCUT2D eigenvalue weighted by molar-refractivity contribution is 5.76. The van der Waals surface area contributed by atoms with Crippen LogP contribution >= 0.6 is 0 Å². The molecule has 2 aromatic rings. The number of methoxy groups -OCH3 is 1. The van der Waals surface area contributed by atoms with Gasteiger partial charge in [0.05, 0.1) is 6.61 Å². The second-order valence-corrected chi connectivity index (χ2v) is 6.68. The Bertz CT molecular complexity index is 657. The molecule has 0 unspecified atom stereocenters. The highest BCUT2D eigenvalue weighted by Crippen LogP contribution is 2.25. The van der Waals surface area contributed by atoms with Gasteiger partial charge < -0.3 is 14.6 Å². The molecule has 0 radical (unpaired) electrons. The number of rotatable bonds is 7. The summed E-state index contributed by atoms with van der Waals surface area (Å²) in [5.74, 6) is 0.957. The maximum atomic E-state index is 11.6. The molecular weight excluding hydrogens is 306 g/mol. The highest BCUT2D eigenvalue weighted by atomic mass is 16.5. The smallest absolute Gasteiger partial charge is 0.227 e. The Morgan fingerprint density at radius 2 is 1.96 bits per heavy atom. The molecule has 130 valence electrons. The van der Waals surface area contributed by atoms with E-state index in [2.05, 4.69) is 48.4 Å². The van der Waals surface area contributed by atoms with Gasteiger partial charge in [0.25, 0.3) is 0 Å². The summed E-state index contributed by atoms with van der Waals surface area (Å²) in [5, 5.41) is 6.75. The maximum Gasteiger partial charge on any atom is 0.227 e. The average Bonchev–Trinajstić information content (AvgIpc) is 3.01. The molecular formula is C18H25N3O3. The molecule has 6 heteroatoms. The Labute approximate surface area is 142 Å². The van der Waals surface area contributed by atoms with Crippen molar-refractivity contribution in [3.8, 4) is 11.4 Å². The fraction of sp³-hybridized carbons (Fsp3) is 0.500. The molecule has 0 spiro atoms. The van der Waals surface area contributed by atoms with Crippen molar-refractivity contribution in [2.45, 2.75) is 39.0 Å². The largest absolute Gasteiger partial charge is 0.383 e. The van der Waals surface area contributed by atoms with Gasteiger partial charge in [-0.05, 0) is 11.0 Å². The molecule has 24 heavy (non-hydrogen) atoms. The van der Waals surface area contributed by atoms with E-state index in [4.69, 9.17) is 9.26 Å². The van der Waals surface area contributed by atoms with Crippen LogP contribution in [0, 0.1) is 0 Å². The third kappa shape index (κ3) is 5.16. The number of aromatic nitrogens is 2. The first-order valence-electron chi connectivity index (χ1n) is 8.09. The SMILES string of the molecule is COCCNC(=O)CCc1nc(-c2ccc(C(C)(C)C)cc2)no1. The molecule has 0 fully saturated rings. The van der Waals surface area contributed by atoms with Crippen molar-refractivity contribution in [3.05, 3.63) is 35.7 Å². The van der Waals surface area contributed by atoms with E-state index in [0.717, 1.165) is 5.56 Å². The fourth-order valence-electron chi connectivity index (χ4n) is 2.19. The quantitative estimate of drug-likeness (QED) is 0.789. The summed E-state index contributed by atoms with van der Waals surface area (Å²) in [6.07, 6.45) is 0.736. The lowest BCUT2D eigenvalue weighted by Crippen LogP contribution is -2.27. The number of carbonyl (C=O) groups excluding carboxylic acids is 1. The zero-order valence-corrected chi connectivity index (χ0v) is 14.8. The van der Waals surface area contributed by atoms with Crippen LogP contribution in [0.3, 0.4) is 0 Å². The van der Waals surface area contributed by atoms with E-state index in [9.17, 15) is 4.79 Å². The Morgan fingerprint density at radius 3 is 2.58 bits per heavy atom. The number of carbonyl (C=O) groups is 1. The fourth-order valence-corrected chi connectivity index (χ4v) is 2.19. The molecule has 0 saturated heterocycles. The molecule has 0 aliphatic carbocycles. The molecule has 1 amide bonds. The van der Waals surface area contributed by atoms with E-state index in [0.29, 0.717) is 37.7 Å². The minimum absolute atomic E-state index is 0.0543. The van der Waals surface area contributed by atoms with E-state index < -0.39 is 0 Å². The van der Waals surface area contributed by atoms with Crippen molar-refractivity contribution in [3.63, 3.8) is 0 Å². The van der Waals surface area contributed by atoms with E-state index >= 15 is 0 Å². The Hall–Kier alpha value is -2.21. The van der Waals surface area contributed by atoms with Gasteiger partial charge in [0.1, 0.15) is 0 Å². The van der Waals surface area contributed by atoms with Crippen LogP contribution in [0.15, 0.2) is 28.8 Å². The summed E-state index contributed by atoms with van der Waals surface area (Å²) in [4.78, 5) is 16.0. The number of amides is 1. The molecule has 0 aliphatic heterocycles. The second-order valence-electron chi connectivity index (χ2n) is 6.68. The third-order valence-electron chi connectivity index (χ3n) is 3.67. The van der Waals surface area contributed by atoms with Crippen LogP contribution in [-0.4, -0.2) is 36.3 Å². The van der Waals surface area contributed by atoms with E-state index in [1.807, 2.05) is 12.1 Å². The van der Waals surface area contributed by atoms with Crippen molar-refractivity contribution in [2.75, 3.05) is 20.3 Å². The van der Waals surface area contributed by atoms with Gasteiger partial charge >= 0.3 is 0 Å². The summed E-state index contributed by atoms with van der Waals surface area (Å²) in [7, 11) is 1.60. The lowest BCUT2D eigenvalue weighted by atomic mass is 9.87. The average molecular weight is 331 g/mol. The Kier molecular flexibility index (Phi) is 6.09. The lowest BCUT2D eigenvalue weighted by molar-refractivity contribution is -0.121. The first-order valence-corrected chi connectivity index (χ1v) is 8.09. The summed E-state index contributed by atoms with van der Waals surface area (Å²) in [6, 6.07) is 8.14. The van der Waals surface area contributed by atoms with Gasteiger partial charge in [0.15, 0.2) is 0 Å². The molecule has 6 nitrogen and oxygen atoms in total. The number of hydrogen-bond acceptors (Lipinski definition) is 5. The topological polar surface area (TPSA) is 77.2 Å². The molecule has 2 rings (SSSR count). The molecule has 1 heterocycles. The van der Waals surface area contributed by atoms with Crippen LogP contribution in [-0.2, 0) is 21.4 Å². The van der Waals surface area contributed by atoms with Crippen molar-refractivity contribution in [1.82, 2.24) is 15.5 Å². The van der Waals surface area contributed by atoms with Gasteiger partial charge in [-0.15, -0.1) is 0 Å². The molecule has 0 atom stereocenters. The monoisotopic (exact) mass is 331 g/mol. The lowest BCUT2D eigenvalue weighted by Gasteiger charge is -2.18. The minimum Gasteiger partial charge on any atom is -0.383 e. The first-order chi connectivity index (χ1) is 11.4. The minimum atomic E-state index is -0.0543. The zero-order valence-electron chi connectivity index (χ0n) is 14.8. The summed E-state index contributed by atoms with van der Waals surface area (Å²) in [6.45, 7) is 7.52. The second kappa shape index (κ2) is 8.06. The van der Waals surface area contributed by atoms with Crippen LogP contribution in [0.1, 0.15) is 38.6 Å². The summed E-state index contributed by atoms with van der Waals surface area (Å²) in [5.41, 5.74) is 2.27. The number of hydrogen-bond donors (Lipinski definition) is 1. The van der Waals surface area contributed by atoms with Crippen LogP contribution in [0.2, 0.25) is 0 Å². The predicted molar refractivity (Wildman–Crippen MR) is 91.6 cm³/mol. The van der Waals surface area contributed by atoms with Gasteiger partial charge in [-0.25, -0.2) is 0 Å². The van der Waals surface area contributed by atoms with Crippen LogP contribution in [0.5, 0.6) is 0 Å². The third-order valence-corrected chi connectivity index (χ3v) is 3.67. The van der Waals surface area contributed by atoms with Gasteiger partial charge in [0, 0.05) is 32.1 Å². The number of aryl methyl sites for hydroxylation is 1.